The molecule has 0 spiro atoms. The molecule has 0 aromatic heterocycles. The van der Waals surface area contributed by atoms with Crippen molar-refractivity contribution in [3.8, 4) is 0 Å². The molecule has 0 aromatic carbocycles. The fourth-order valence-electron chi connectivity index (χ4n) is 2.98. The predicted molar refractivity (Wildman–Crippen MR) is 82.8 cm³/mol. The molecule has 21 heavy (non-hydrogen) atoms. The topological polar surface area (TPSA) is 81.4 Å². The first-order chi connectivity index (χ1) is 9.73. The second kappa shape index (κ2) is 7.90. The molecule has 0 amide bonds. The van der Waals surface area contributed by atoms with Gasteiger partial charge < -0.3 is 15.8 Å². The van der Waals surface area contributed by atoms with Gasteiger partial charge in [-0.3, -0.25) is 9.59 Å². The van der Waals surface area contributed by atoms with Crippen LogP contribution in [0.3, 0.4) is 0 Å². The summed E-state index contributed by atoms with van der Waals surface area (Å²) < 4.78 is 4.84. The van der Waals surface area contributed by atoms with Gasteiger partial charge in [0.1, 0.15) is 11.8 Å². The highest BCUT2D eigenvalue weighted by Gasteiger charge is 2.31. The molecule has 0 heterocycles. The molecule has 3 atom stereocenters. The lowest BCUT2D eigenvalue weighted by atomic mass is 9.88. The van der Waals surface area contributed by atoms with E-state index in [0.717, 1.165) is 19.3 Å². The first-order valence-electron chi connectivity index (χ1n) is 7.82. The summed E-state index contributed by atoms with van der Waals surface area (Å²) in [6.07, 6.45) is 3.84. The van der Waals surface area contributed by atoms with Gasteiger partial charge in [-0.05, 0) is 31.1 Å². The van der Waals surface area contributed by atoms with Crippen molar-refractivity contribution in [1.29, 1.82) is 0 Å². The molecule has 0 aromatic rings. The SMILES string of the molecule is COC(=O)[C@H](C[C@@H]1CCCC1=O)NC[C@@H](N)CC(C)(C)C. The molecule has 1 saturated carbocycles. The third kappa shape index (κ3) is 6.57. The molecule has 1 aliphatic rings. The third-order valence-electron chi connectivity index (χ3n) is 3.94. The summed E-state index contributed by atoms with van der Waals surface area (Å²) in [4.78, 5) is 23.6. The number of esters is 1. The Kier molecular flexibility index (Phi) is 6.81. The highest BCUT2D eigenvalue weighted by Crippen LogP contribution is 2.26. The first kappa shape index (κ1) is 18.1. The van der Waals surface area contributed by atoms with Crippen molar-refractivity contribution in [3.63, 3.8) is 0 Å². The number of nitrogens with two attached hydrogens (primary N) is 1. The minimum atomic E-state index is -0.437. The molecule has 0 bridgehead atoms. The number of Topliss-reactive ketones (excluding diaryl/α,β-unsaturated/α-hetero) is 1. The van der Waals surface area contributed by atoms with E-state index >= 15 is 0 Å². The van der Waals surface area contributed by atoms with Gasteiger partial charge in [0, 0.05) is 24.9 Å². The number of ketones is 1. The molecule has 1 aliphatic carbocycles. The molecule has 122 valence electrons. The van der Waals surface area contributed by atoms with Crippen molar-refractivity contribution in [2.75, 3.05) is 13.7 Å². The first-order valence-corrected chi connectivity index (χ1v) is 7.82. The lowest BCUT2D eigenvalue weighted by Crippen LogP contribution is -2.46. The number of methoxy groups -OCH3 is 1. The lowest BCUT2D eigenvalue weighted by Gasteiger charge is -2.25. The number of hydrogen-bond donors (Lipinski definition) is 2. The Hall–Kier alpha value is -0.940. The van der Waals surface area contributed by atoms with Gasteiger partial charge in [-0.15, -0.1) is 0 Å². The van der Waals surface area contributed by atoms with Gasteiger partial charge in [0.2, 0.25) is 0 Å². The molecule has 0 saturated heterocycles. The maximum Gasteiger partial charge on any atom is 0.322 e. The predicted octanol–water partition coefficient (Wildman–Crippen LogP) is 1.64. The number of hydrogen-bond acceptors (Lipinski definition) is 5. The van der Waals surface area contributed by atoms with E-state index in [-0.39, 0.29) is 29.1 Å². The van der Waals surface area contributed by atoms with Gasteiger partial charge >= 0.3 is 5.97 Å². The molecule has 5 nitrogen and oxygen atoms in total. The fraction of sp³-hybridized carbons (Fsp3) is 0.875. The maximum atomic E-state index is 11.9. The molecule has 3 N–H and O–H groups in total. The van der Waals surface area contributed by atoms with E-state index in [1.165, 1.54) is 7.11 Å². The van der Waals surface area contributed by atoms with Crippen LogP contribution in [-0.4, -0.2) is 37.5 Å². The Morgan fingerprint density at radius 2 is 2.14 bits per heavy atom. The van der Waals surface area contributed by atoms with Gasteiger partial charge in [0.25, 0.3) is 0 Å². The average Bonchev–Trinajstić information content (AvgIpc) is 2.77. The van der Waals surface area contributed by atoms with Crippen molar-refractivity contribution >= 4 is 11.8 Å². The van der Waals surface area contributed by atoms with Gasteiger partial charge in [-0.2, -0.15) is 0 Å². The quantitative estimate of drug-likeness (QED) is 0.698. The van der Waals surface area contributed by atoms with Crippen molar-refractivity contribution in [3.05, 3.63) is 0 Å². The van der Waals surface area contributed by atoms with Gasteiger partial charge in [-0.25, -0.2) is 0 Å². The summed E-state index contributed by atoms with van der Waals surface area (Å²) in [7, 11) is 1.38. The highest BCUT2D eigenvalue weighted by atomic mass is 16.5. The van der Waals surface area contributed by atoms with Crippen molar-refractivity contribution < 1.29 is 14.3 Å². The average molecular weight is 298 g/mol. The van der Waals surface area contributed by atoms with Gasteiger partial charge in [-0.1, -0.05) is 20.8 Å². The smallest absolute Gasteiger partial charge is 0.322 e. The van der Waals surface area contributed by atoms with Crippen LogP contribution >= 0.6 is 0 Å². The third-order valence-corrected chi connectivity index (χ3v) is 3.94. The number of carbonyl (C=O) groups excluding carboxylic acids is 2. The summed E-state index contributed by atoms with van der Waals surface area (Å²) in [5.41, 5.74) is 6.26. The monoisotopic (exact) mass is 298 g/mol. The largest absolute Gasteiger partial charge is 0.468 e. The van der Waals surface area contributed by atoms with E-state index in [1.54, 1.807) is 0 Å². The van der Waals surface area contributed by atoms with Crippen LogP contribution in [0.15, 0.2) is 0 Å². The van der Waals surface area contributed by atoms with Gasteiger partial charge in [0.15, 0.2) is 0 Å². The van der Waals surface area contributed by atoms with Crippen LogP contribution < -0.4 is 11.1 Å². The lowest BCUT2D eigenvalue weighted by molar-refractivity contribution is -0.143. The Labute approximate surface area is 128 Å². The summed E-state index contributed by atoms with van der Waals surface area (Å²) in [6, 6.07) is -0.454. The van der Waals surface area contributed by atoms with E-state index in [2.05, 4.69) is 26.1 Å². The molecule has 1 rings (SSSR count). The number of carbonyl (C=O) groups is 2. The second-order valence-corrected chi connectivity index (χ2v) is 7.30. The molecular formula is C16H30N2O3. The molecule has 1 fully saturated rings. The zero-order valence-electron chi connectivity index (χ0n) is 13.8. The van der Waals surface area contributed by atoms with E-state index in [4.69, 9.17) is 10.5 Å². The molecule has 0 radical (unpaired) electrons. The van der Waals surface area contributed by atoms with Crippen molar-refractivity contribution in [2.24, 2.45) is 17.1 Å². The van der Waals surface area contributed by atoms with Crippen LogP contribution in [0, 0.1) is 11.3 Å². The number of ether oxygens (including phenoxy) is 1. The van der Waals surface area contributed by atoms with Crippen LogP contribution in [0.4, 0.5) is 0 Å². The second-order valence-electron chi connectivity index (χ2n) is 7.30. The van der Waals surface area contributed by atoms with Crippen LogP contribution in [0.1, 0.15) is 52.9 Å². The minimum absolute atomic E-state index is 0.0135. The van der Waals surface area contributed by atoms with Gasteiger partial charge in [0.05, 0.1) is 7.11 Å². The number of rotatable bonds is 7. The Morgan fingerprint density at radius 1 is 1.48 bits per heavy atom. The zero-order chi connectivity index (χ0) is 16.0. The summed E-state index contributed by atoms with van der Waals surface area (Å²) in [6.45, 7) is 6.98. The Morgan fingerprint density at radius 3 is 2.62 bits per heavy atom. The zero-order valence-corrected chi connectivity index (χ0v) is 13.8. The molecule has 5 heteroatoms. The van der Waals surface area contributed by atoms with E-state index < -0.39 is 6.04 Å². The van der Waals surface area contributed by atoms with Crippen molar-refractivity contribution in [2.45, 2.75) is 65.0 Å². The Bertz CT molecular complexity index is 363. The highest BCUT2D eigenvalue weighted by molar-refractivity contribution is 5.84. The normalized spacial score (nSPS) is 22.1. The summed E-state index contributed by atoms with van der Waals surface area (Å²) >= 11 is 0. The van der Waals surface area contributed by atoms with Crippen molar-refractivity contribution in [1.82, 2.24) is 5.32 Å². The summed E-state index contributed by atoms with van der Waals surface area (Å²) in [5, 5.41) is 3.19. The molecule has 0 unspecified atom stereocenters. The molecular weight excluding hydrogens is 268 g/mol. The van der Waals surface area contributed by atoms with E-state index in [9.17, 15) is 9.59 Å². The van der Waals surface area contributed by atoms with Crippen LogP contribution in [0.5, 0.6) is 0 Å². The van der Waals surface area contributed by atoms with E-state index in [0.29, 0.717) is 19.4 Å². The summed E-state index contributed by atoms with van der Waals surface area (Å²) in [5.74, 6) is -0.0530. The minimum Gasteiger partial charge on any atom is -0.468 e. The number of nitrogens with one attached hydrogen (secondary N) is 1. The fourth-order valence-corrected chi connectivity index (χ4v) is 2.98. The Balaban J connectivity index is 2.50. The maximum absolute atomic E-state index is 11.9. The van der Waals surface area contributed by atoms with E-state index in [1.807, 2.05) is 0 Å². The van der Waals surface area contributed by atoms with Crippen LogP contribution in [0.2, 0.25) is 0 Å². The standard InChI is InChI=1S/C16H30N2O3/c1-16(2,3)9-12(17)10-18-13(15(20)21-4)8-11-6-5-7-14(11)19/h11-13,18H,5-10,17H2,1-4H3/t11-,12-,13-/m0/s1. The van der Waals surface area contributed by atoms with Crippen LogP contribution in [0.25, 0.3) is 0 Å². The van der Waals surface area contributed by atoms with Crippen LogP contribution in [-0.2, 0) is 14.3 Å². The molecule has 0 aliphatic heterocycles.